The molecule has 0 unspecified atom stereocenters. The topological polar surface area (TPSA) is 60.1 Å². The summed E-state index contributed by atoms with van der Waals surface area (Å²) in [5.41, 5.74) is 1.42. The Morgan fingerprint density at radius 3 is 2.36 bits per heavy atom. The number of allylic oxidation sites excluding steroid dienone is 1. The smallest absolute Gasteiger partial charge is 0.285 e. The molecule has 6 nitrogen and oxygen atoms in total. The molecule has 1 amide bonds. The number of carbonyl (C=O) groups is 1. The van der Waals surface area contributed by atoms with Crippen molar-refractivity contribution in [3.05, 3.63) is 88.6 Å². The van der Waals surface area contributed by atoms with Crippen molar-refractivity contribution in [3.63, 3.8) is 0 Å². The molecule has 0 saturated carbocycles. The van der Waals surface area contributed by atoms with Crippen LogP contribution in [-0.4, -0.2) is 20.4 Å². The van der Waals surface area contributed by atoms with Crippen LogP contribution in [0.4, 0.5) is 10.5 Å². The fourth-order valence-corrected chi connectivity index (χ4v) is 2.90. The van der Waals surface area contributed by atoms with Gasteiger partial charge in [0.1, 0.15) is 0 Å². The Morgan fingerprint density at radius 1 is 0.960 bits per heavy atom. The highest BCUT2D eigenvalue weighted by Crippen LogP contribution is 2.22. The highest BCUT2D eigenvalue weighted by Gasteiger charge is 2.32. The van der Waals surface area contributed by atoms with E-state index in [0.29, 0.717) is 12.4 Å². The number of aromatic nitrogens is 3. The summed E-state index contributed by atoms with van der Waals surface area (Å²) in [7, 11) is 0. The first-order valence-corrected chi connectivity index (χ1v) is 8.01. The largest absolute Gasteiger partial charge is 0.364 e. The lowest BCUT2D eigenvalue weighted by atomic mass is 10.2. The average Bonchev–Trinajstić information content (AvgIpc) is 3.13. The molecular formula is C19H16N4O2. The third-order valence-corrected chi connectivity index (χ3v) is 4.10. The van der Waals surface area contributed by atoms with Crippen LogP contribution in [0.25, 0.3) is 6.08 Å². The number of fused-ring (bicyclic) bond motifs is 1. The van der Waals surface area contributed by atoms with Gasteiger partial charge in [-0.1, -0.05) is 60.7 Å². The fourth-order valence-electron chi connectivity index (χ4n) is 2.90. The highest BCUT2D eigenvalue weighted by atomic mass is 16.2. The van der Waals surface area contributed by atoms with Crippen LogP contribution in [0.5, 0.6) is 0 Å². The van der Waals surface area contributed by atoms with Crippen molar-refractivity contribution in [3.8, 4) is 0 Å². The number of amides is 1. The van der Waals surface area contributed by atoms with E-state index in [1.165, 1.54) is 9.36 Å². The number of para-hydroxylation sites is 1. The fraction of sp³-hybridized carbons (Fsp3) is 0.105. The number of hydrogen-bond donors (Lipinski definition) is 0. The molecular weight excluding hydrogens is 316 g/mol. The molecule has 1 aliphatic heterocycles. The molecule has 25 heavy (non-hydrogen) atoms. The number of hydrogen-bond acceptors (Lipinski definition) is 3. The molecule has 0 fully saturated rings. The number of rotatable bonds is 4. The summed E-state index contributed by atoms with van der Waals surface area (Å²) in [6, 6.07) is 18.9. The molecule has 0 N–H and O–H groups in total. The monoisotopic (exact) mass is 332 g/mol. The van der Waals surface area contributed by atoms with E-state index in [4.69, 9.17) is 0 Å². The molecule has 2 heterocycles. The van der Waals surface area contributed by atoms with Gasteiger partial charge in [0, 0.05) is 5.69 Å². The zero-order valence-electron chi connectivity index (χ0n) is 13.4. The third kappa shape index (κ3) is 2.78. The molecule has 2 aromatic carbocycles. The Hall–Kier alpha value is -3.41. The minimum absolute atomic E-state index is 0.260. The summed E-state index contributed by atoms with van der Waals surface area (Å²) in [6.45, 7) is 0.586. The first kappa shape index (κ1) is 15.1. The minimum Gasteiger partial charge on any atom is -0.285 e. The zero-order chi connectivity index (χ0) is 17.2. The van der Waals surface area contributed by atoms with Crippen LogP contribution in [0.3, 0.4) is 0 Å². The van der Waals surface area contributed by atoms with E-state index >= 15 is 0 Å². The molecule has 1 aromatic heterocycles. The lowest BCUT2D eigenvalue weighted by Gasteiger charge is -2.15. The third-order valence-electron chi connectivity index (χ3n) is 4.10. The summed E-state index contributed by atoms with van der Waals surface area (Å²) in [5, 5.41) is 0. The van der Waals surface area contributed by atoms with E-state index < -0.39 is 5.69 Å². The van der Waals surface area contributed by atoms with Crippen molar-refractivity contribution >= 4 is 17.8 Å². The standard InChI is InChI=1S/C19H16N4O2/c24-18-20-17-14-21(16-11-5-2-6-12-16)19(25)23(17)22(18)13-7-10-15-8-3-1-4-9-15/h1-12H,13-14H2/b10-7+. The van der Waals surface area contributed by atoms with E-state index in [1.54, 1.807) is 4.90 Å². The van der Waals surface area contributed by atoms with Crippen molar-refractivity contribution in [2.24, 2.45) is 0 Å². The second kappa shape index (κ2) is 6.24. The Kier molecular flexibility index (Phi) is 3.78. The summed E-state index contributed by atoms with van der Waals surface area (Å²) in [4.78, 5) is 30.5. The lowest BCUT2D eigenvalue weighted by molar-refractivity contribution is 0.244. The van der Waals surface area contributed by atoms with Crippen molar-refractivity contribution < 1.29 is 4.79 Å². The van der Waals surface area contributed by atoms with Crippen LogP contribution >= 0.6 is 0 Å². The van der Waals surface area contributed by atoms with Gasteiger partial charge in [-0.25, -0.2) is 14.3 Å². The van der Waals surface area contributed by atoms with Gasteiger partial charge < -0.3 is 0 Å². The molecule has 1 aliphatic rings. The summed E-state index contributed by atoms with van der Waals surface area (Å²) < 4.78 is 2.73. The first-order chi connectivity index (χ1) is 12.2. The van der Waals surface area contributed by atoms with E-state index in [-0.39, 0.29) is 12.6 Å². The Morgan fingerprint density at radius 2 is 1.64 bits per heavy atom. The number of nitrogens with zero attached hydrogens (tertiary/aromatic N) is 4. The molecule has 0 atom stereocenters. The van der Waals surface area contributed by atoms with Crippen LogP contribution in [0, 0.1) is 0 Å². The molecule has 0 aliphatic carbocycles. The van der Waals surface area contributed by atoms with Gasteiger partial charge in [0.05, 0.1) is 13.1 Å². The Labute approximate surface area is 144 Å². The normalized spacial score (nSPS) is 13.6. The Bertz CT molecular complexity index is 987. The van der Waals surface area contributed by atoms with Gasteiger partial charge in [0.25, 0.3) is 0 Å². The van der Waals surface area contributed by atoms with Gasteiger partial charge in [-0.3, -0.25) is 4.90 Å². The zero-order valence-corrected chi connectivity index (χ0v) is 13.4. The van der Waals surface area contributed by atoms with Crippen LogP contribution < -0.4 is 10.6 Å². The number of benzene rings is 2. The van der Waals surface area contributed by atoms with Gasteiger partial charge in [-0.15, -0.1) is 0 Å². The maximum absolute atomic E-state index is 12.7. The van der Waals surface area contributed by atoms with E-state index in [9.17, 15) is 9.59 Å². The maximum atomic E-state index is 12.7. The first-order valence-electron chi connectivity index (χ1n) is 8.01. The van der Waals surface area contributed by atoms with E-state index in [1.807, 2.05) is 72.8 Å². The van der Waals surface area contributed by atoms with Crippen molar-refractivity contribution in [1.29, 1.82) is 0 Å². The second-order valence-electron chi connectivity index (χ2n) is 5.72. The molecule has 0 radical (unpaired) electrons. The second-order valence-corrected chi connectivity index (χ2v) is 5.72. The summed E-state index contributed by atoms with van der Waals surface area (Å²) >= 11 is 0. The number of carbonyl (C=O) groups excluding carboxylic acids is 1. The predicted octanol–water partition coefficient (Wildman–Crippen LogP) is 2.75. The maximum Gasteiger partial charge on any atom is 0.364 e. The van der Waals surface area contributed by atoms with Crippen molar-refractivity contribution in [2.45, 2.75) is 13.1 Å². The minimum atomic E-state index is -0.409. The van der Waals surface area contributed by atoms with Gasteiger partial charge in [-0.2, -0.15) is 9.67 Å². The van der Waals surface area contributed by atoms with Crippen molar-refractivity contribution in [1.82, 2.24) is 14.3 Å². The van der Waals surface area contributed by atoms with Crippen LogP contribution in [0.15, 0.2) is 71.5 Å². The molecule has 0 bridgehead atoms. The molecule has 3 aromatic rings. The summed E-state index contributed by atoms with van der Waals surface area (Å²) in [5.74, 6) is 0.465. The van der Waals surface area contributed by atoms with Gasteiger partial charge in [0.15, 0.2) is 5.82 Å². The van der Waals surface area contributed by atoms with Gasteiger partial charge >= 0.3 is 11.7 Å². The van der Waals surface area contributed by atoms with E-state index in [2.05, 4.69) is 4.98 Å². The quantitative estimate of drug-likeness (QED) is 0.738. The van der Waals surface area contributed by atoms with Crippen molar-refractivity contribution in [2.75, 3.05) is 4.90 Å². The van der Waals surface area contributed by atoms with Gasteiger partial charge in [0.2, 0.25) is 0 Å². The molecule has 124 valence electrons. The molecule has 4 rings (SSSR count). The molecule has 6 heteroatoms. The molecule has 0 spiro atoms. The van der Waals surface area contributed by atoms with Gasteiger partial charge in [-0.05, 0) is 17.7 Å². The van der Waals surface area contributed by atoms with E-state index in [0.717, 1.165) is 11.3 Å². The lowest BCUT2D eigenvalue weighted by Crippen LogP contribution is -2.33. The summed E-state index contributed by atoms with van der Waals surface area (Å²) in [6.07, 6.45) is 3.77. The highest BCUT2D eigenvalue weighted by molar-refractivity contribution is 5.95. The van der Waals surface area contributed by atoms with Crippen LogP contribution in [0.2, 0.25) is 0 Å². The Balaban J connectivity index is 1.60. The predicted molar refractivity (Wildman–Crippen MR) is 95.4 cm³/mol. The average molecular weight is 332 g/mol. The SMILES string of the molecule is O=C1N(c2ccccc2)Cc2nc(=O)n(C/C=C/c3ccccc3)n21. The van der Waals surface area contributed by atoms with Crippen LogP contribution in [0.1, 0.15) is 11.4 Å². The van der Waals surface area contributed by atoms with Crippen LogP contribution in [-0.2, 0) is 13.1 Å². The number of anilines is 1. The molecule has 0 saturated heterocycles.